The highest BCUT2D eigenvalue weighted by atomic mass is 19.4. The van der Waals surface area contributed by atoms with Crippen molar-refractivity contribution in [2.24, 2.45) is 0 Å². The number of aliphatic hydroxyl groups excluding tert-OH is 1. The van der Waals surface area contributed by atoms with Crippen LogP contribution in [0.5, 0.6) is 0 Å². The second-order valence-electron chi connectivity index (χ2n) is 4.99. The van der Waals surface area contributed by atoms with Gasteiger partial charge in [0.1, 0.15) is 5.69 Å². The quantitative estimate of drug-likeness (QED) is 0.684. The maximum Gasteiger partial charge on any atom is 0.416 e. The van der Waals surface area contributed by atoms with Crippen molar-refractivity contribution in [3.8, 4) is 0 Å². The summed E-state index contributed by atoms with van der Waals surface area (Å²) in [6, 6.07) is 2.32. The van der Waals surface area contributed by atoms with E-state index in [1.54, 1.807) is 13.8 Å². The Morgan fingerprint density at radius 3 is 2.30 bits per heavy atom. The third-order valence-corrected chi connectivity index (χ3v) is 3.16. The first-order chi connectivity index (χ1) is 9.00. The molecule has 0 aromatic heterocycles. The summed E-state index contributed by atoms with van der Waals surface area (Å²) >= 11 is 0. The van der Waals surface area contributed by atoms with Crippen molar-refractivity contribution < 1.29 is 23.2 Å². The van der Waals surface area contributed by atoms with Gasteiger partial charge in [0, 0.05) is 13.1 Å². The van der Waals surface area contributed by atoms with Crippen LogP contribution in [0.4, 0.5) is 24.5 Å². The Morgan fingerprint density at radius 2 is 1.90 bits per heavy atom. The van der Waals surface area contributed by atoms with Crippen LogP contribution in [0.1, 0.15) is 19.4 Å². The van der Waals surface area contributed by atoms with Gasteiger partial charge in [0.25, 0.3) is 5.69 Å². The van der Waals surface area contributed by atoms with Crippen molar-refractivity contribution in [3.63, 3.8) is 0 Å². The van der Waals surface area contributed by atoms with E-state index >= 15 is 0 Å². The van der Waals surface area contributed by atoms with E-state index in [1.165, 1.54) is 11.9 Å². The molecule has 20 heavy (non-hydrogen) atoms. The van der Waals surface area contributed by atoms with Gasteiger partial charge in [-0.15, -0.1) is 0 Å². The molecule has 0 atom stereocenters. The number of anilines is 1. The molecule has 0 saturated carbocycles. The molecule has 8 heteroatoms. The summed E-state index contributed by atoms with van der Waals surface area (Å²) in [4.78, 5) is 11.5. The molecule has 1 aromatic rings. The SMILES string of the molecule is CN(c1ccc(C(F)(F)F)cc1[N+](=O)[O-])C(C)(C)CO. The molecule has 1 N–H and O–H groups in total. The second kappa shape index (κ2) is 5.28. The van der Waals surface area contributed by atoms with Gasteiger partial charge in [0.2, 0.25) is 0 Å². The van der Waals surface area contributed by atoms with Crippen LogP contribution in [0.15, 0.2) is 18.2 Å². The smallest absolute Gasteiger partial charge is 0.394 e. The van der Waals surface area contributed by atoms with Gasteiger partial charge in [0.15, 0.2) is 0 Å². The first-order valence-corrected chi connectivity index (χ1v) is 5.71. The predicted octanol–water partition coefficient (Wildman–Crippen LogP) is 2.82. The Morgan fingerprint density at radius 1 is 1.35 bits per heavy atom. The van der Waals surface area contributed by atoms with Gasteiger partial charge in [-0.1, -0.05) is 0 Å². The first kappa shape index (κ1) is 16.2. The Bertz CT molecular complexity index is 515. The molecule has 0 aliphatic carbocycles. The molecule has 0 aliphatic rings. The number of alkyl halides is 3. The van der Waals surface area contributed by atoms with Gasteiger partial charge in [0.05, 0.1) is 22.6 Å². The molecule has 112 valence electrons. The zero-order chi connectivity index (χ0) is 15.7. The lowest BCUT2D eigenvalue weighted by Crippen LogP contribution is -2.44. The number of hydrogen-bond donors (Lipinski definition) is 1. The van der Waals surface area contributed by atoms with Gasteiger partial charge in [-0.05, 0) is 26.0 Å². The maximum absolute atomic E-state index is 12.6. The maximum atomic E-state index is 12.6. The summed E-state index contributed by atoms with van der Waals surface area (Å²) in [5.74, 6) is 0. The van der Waals surface area contributed by atoms with Crippen LogP contribution in [0.2, 0.25) is 0 Å². The van der Waals surface area contributed by atoms with Gasteiger partial charge >= 0.3 is 6.18 Å². The zero-order valence-corrected chi connectivity index (χ0v) is 11.2. The van der Waals surface area contributed by atoms with E-state index in [9.17, 15) is 28.4 Å². The molecule has 0 aliphatic heterocycles. The van der Waals surface area contributed by atoms with Gasteiger partial charge in [-0.25, -0.2) is 0 Å². The lowest BCUT2D eigenvalue weighted by molar-refractivity contribution is -0.384. The summed E-state index contributed by atoms with van der Waals surface area (Å²) in [5, 5.41) is 20.2. The Labute approximate surface area is 113 Å². The molecule has 5 nitrogen and oxygen atoms in total. The van der Waals surface area contributed by atoms with E-state index in [0.29, 0.717) is 6.07 Å². The third-order valence-electron chi connectivity index (χ3n) is 3.16. The summed E-state index contributed by atoms with van der Waals surface area (Å²) in [7, 11) is 1.48. The number of aliphatic hydroxyl groups is 1. The number of halogens is 3. The topological polar surface area (TPSA) is 66.6 Å². The first-order valence-electron chi connectivity index (χ1n) is 5.71. The van der Waals surface area contributed by atoms with Crippen molar-refractivity contribution in [2.45, 2.75) is 25.6 Å². The van der Waals surface area contributed by atoms with E-state index in [1.807, 2.05) is 0 Å². The molecule has 0 bridgehead atoms. The fourth-order valence-electron chi connectivity index (χ4n) is 1.56. The molecule has 1 rings (SSSR count). The average molecular weight is 292 g/mol. The molecule has 0 radical (unpaired) electrons. The molecule has 0 heterocycles. The minimum atomic E-state index is -4.64. The number of rotatable bonds is 4. The number of nitrogens with zero attached hydrogens (tertiary/aromatic N) is 2. The van der Waals surface area contributed by atoms with Crippen LogP contribution >= 0.6 is 0 Å². The lowest BCUT2D eigenvalue weighted by Gasteiger charge is -2.35. The number of nitro groups is 1. The van der Waals surface area contributed by atoms with Gasteiger partial charge in [-0.2, -0.15) is 13.2 Å². The molecule has 0 saturated heterocycles. The van der Waals surface area contributed by atoms with Crippen molar-refractivity contribution in [3.05, 3.63) is 33.9 Å². The molecule has 0 unspecified atom stereocenters. The van der Waals surface area contributed by atoms with Gasteiger partial charge in [-0.3, -0.25) is 10.1 Å². The van der Waals surface area contributed by atoms with Crippen molar-refractivity contribution in [2.75, 3.05) is 18.6 Å². The molecule has 0 spiro atoms. The second-order valence-corrected chi connectivity index (χ2v) is 4.99. The van der Waals surface area contributed by atoms with E-state index in [-0.39, 0.29) is 12.3 Å². The highest BCUT2D eigenvalue weighted by molar-refractivity contribution is 5.65. The number of hydrogen-bond acceptors (Lipinski definition) is 4. The normalized spacial score (nSPS) is 12.3. The molecule has 1 aromatic carbocycles. The summed E-state index contributed by atoms with van der Waals surface area (Å²) in [6.07, 6.45) is -4.64. The van der Waals surface area contributed by atoms with E-state index in [2.05, 4.69) is 0 Å². The molecular formula is C12H15F3N2O3. The molecule has 0 amide bonds. The zero-order valence-electron chi connectivity index (χ0n) is 11.2. The van der Waals surface area contributed by atoms with Crippen LogP contribution in [0.3, 0.4) is 0 Å². The minimum Gasteiger partial charge on any atom is -0.394 e. The van der Waals surface area contributed by atoms with E-state index < -0.39 is 27.9 Å². The Balaban J connectivity index is 3.39. The van der Waals surface area contributed by atoms with Crippen LogP contribution in [0, 0.1) is 10.1 Å². The molecule has 0 fully saturated rings. The summed E-state index contributed by atoms with van der Waals surface area (Å²) in [5.41, 5.74) is -2.56. The monoisotopic (exact) mass is 292 g/mol. The van der Waals surface area contributed by atoms with E-state index in [4.69, 9.17) is 0 Å². The van der Waals surface area contributed by atoms with Gasteiger partial charge < -0.3 is 10.0 Å². The van der Waals surface area contributed by atoms with Crippen molar-refractivity contribution in [1.29, 1.82) is 0 Å². The molecular weight excluding hydrogens is 277 g/mol. The highest BCUT2D eigenvalue weighted by Crippen LogP contribution is 2.37. The number of nitro benzene ring substituents is 1. The largest absolute Gasteiger partial charge is 0.416 e. The fraction of sp³-hybridized carbons (Fsp3) is 0.500. The number of benzene rings is 1. The van der Waals surface area contributed by atoms with Crippen LogP contribution in [-0.2, 0) is 6.18 Å². The summed E-state index contributed by atoms with van der Waals surface area (Å²) in [6.45, 7) is 2.93. The Hall–Kier alpha value is -1.83. The van der Waals surface area contributed by atoms with Crippen LogP contribution in [-0.4, -0.2) is 29.2 Å². The summed E-state index contributed by atoms with van der Waals surface area (Å²) < 4.78 is 37.8. The minimum absolute atomic E-state index is 0.0158. The third kappa shape index (κ3) is 3.19. The Kier molecular flexibility index (Phi) is 4.28. The van der Waals surface area contributed by atoms with Crippen LogP contribution < -0.4 is 4.90 Å². The average Bonchev–Trinajstić information content (AvgIpc) is 2.35. The van der Waals surface area contributed by atoms with E-state index in [0.717, 1.165) is 12.1 Å². The standard InChI is InChI=1S/C12H15F3N2O3/c1-11(2,7-18)16(3)9-5-4-8(12(13,14)15)6-10(9)17(19)20/h4-6,18H,7H2,1-3H3. The van der Waals surface area contributed by atoms with Crippen molar-refractivity contribution in [1.82, 2.24) is 0 Å². The fourth-order valence-corrected chi connectivity index (χ4v) is 1.56. The van der Waals surface area contributed by atoms with Crippen LogP contribution in [0.25, 0.3) is 0 Å². The predicted molar refractivity (Wildman–Crippen MR) is 67.7 cm³/mol. The number of likely N-dealkylation sites (N-methyl/N-ethyl adjacent to an activating group) is 1. The lowest BCUT2D eigenvalue weighted by atomic mass is 10.0. The van der Waals surface area contributed by atoms with Crippen molar-refractivity contribution >= 4 is 11.4 Å². The highest BCUT2D eigenvalue weighted by Gasteiger charge is 2.35.